The van der Waals surface area contributed by atoms with Crippen LogP contribution in [0.1, 0.15) is 11.4 Å². The topological polar surface area (TPSA) is 61.7 Å². The third-order valence-corrected chi connectivity index (χ3v) is 2.91. The van der Waals surface area contributed by atoms with Crippen molar-refractivity contribution in [3.05, 3.63) is 66.5 Å². The molecule has 0 radical (unpaired) electrons. The van der Waals surface area contributed by atoms with E-state index in [1.807, 2.05) is 58.0 Å². The molecular formula is C14H15N5. The Morgan fingerprint density at radius 3 is 2.63 bits per heavy atom. The molecule has 0 amide bonds. The summed E-state index contributed by atoms with van der Waals surface area (Å²) in [5.41, 5.74) is 8.48. The van der Waals surface area contributed by atoms with Crippen LogP contribution in [0.5, 0.6) is 0 Å². The summed E-state index contributed by atoms with van der Waals surface area (Å²) in [6, 6.07) is 12.1. The van der Waals surface area contributed by atoms with Gasteiger partial charge in [-0.15, -0.1) is 0 Å². The van der Waals surface area contributed by atoms with Crippen LogP contribution in [-0.4, -0.2) is 19.3 Å². The van der Waals surface area contributed by atoms with Crippen molar-refractivity contribution in [2.75, 3.05) is 0 Å². The number of benzene rings is 1. The highest BCUT2D eigenvalue weighted by Crippen LogP contribution is 2.08. The second-order valence-corrected chi connectivity index (χ2v) is 4.33. The number of aromatic nitrogens is 4. The van der Waals surface area contributed by atoms with Gasteiger partial charge in [-0.2, -0.15) is 5.10 Å². The molecule has 2 aromatic heterocycles. The molecule has 0 bridgehead atoms. The average Bonchev–Trinajstić information content (AvgIpc) is 3.09. The molecule has 0 atom stereocenters. The zero-order valence-electron chi connectivity index (χ0n) is 10.5. The number of nitrogens with two attached hydrogens (primary N) is 1. The number of hydrogen-bond acceptors (Lipinski definition) is 3. The first-order chi connectivity index (χ1) is 9.35. The summed E-state index contributed by atoms with van der Waals surface area (Å²) in [6.45, 7) is 1.16. The summed E-state index contributed by atoms with van der Waals surface area (Å²) in [5.74, 6) is 0. The predicted molar refractivity (Wildman–Crippen MR) is 72.8 cm³/mol. The summed E-state index contributed by atoms with van der Waals surface area (Å²) in [4.78, 5) is 4.20. The zero-order chi connectivity index (χ0) is 13.1. The van der Waals surface area contributed by atoms with E-state index in [0.29, 0.717) is 13.1 Å². The lowest BCUT2D eigenvalue weighted by Crippen LogP contribution is -2.00. The van der Waals surface area contributed by atoms with Gasteiger partial charge in [0.2, 0.25) is 0 Å². The lowest BCUT2D eigenvalue weighted by atomic mass is 10.3. The molecule has 19 heavy (non-hydrogen) atoms. The van der Waals surface area contributed by atoms with Crippen LogP contribution in [0.25, 0.3) is 5.69 Å². The summed E-state index contributed by atoms with van der Waals surface area (Å²) in [6.07, 6.45) is 5.69. The number of hydrogen-bond donors (Lipinski definition) is 1. The Morgan fingerprint density at radius 2 is 1.89 bits per heavy atom. The van der Waals surface area contributed by atoms with Gasteiger partial charge >= 0.3 is 0 Å². The Hall–Kier alpha value is -2.40. The van der Waals surface area contributed by atoms with Crippen LogP contribution in [0.3, 0.4) is 0 Å². The van der Waals surface area contributed by atoms with Crippen LogP contribution in [-0.2, 0) is 13.1 Å². The van der Waals surface area contributed by atoms with Crippen molar-refractivity contribution in [2.24, 2.45) is 5.73 Å². The van der Waals surface area contributed by atoms with E-state index in [2.05, 4.69) is 10.1 Å². The fourth-order valence-corrected chi connectivity index (χ4v) is 1.96. The number of nitrogens with zero attached hydrogens (tertiary/aromatic N) is 4. The molecule has 1 aromatic carbocycles. The molecule has 2 N–H and O–H groups in total. The highest BCUT2D eigenvalue weighted by molar-refractivity contribution is 5.30. The Labute approximate surface area is 111 Å². The molecule has 0 unspecified atom stereocenters. The van der Waals surface area contributed by atoms with Gasteiger partial charge in [0.25, 0.3) is 0 Å². The van der Waals surface area contributed by atoms with Gasteiger partial charge in [-0.05, 0) is 18.2 Å². The average molecular weight is 253 g/mol. The highest BCUT2D eigenvalue weighted by Gasteiger charge is 2.03. The van der Waals surface area contributed by atoms with Crippen molar-refractivity contribution in [3.63, 3.8) is 0 Å². The van der Waals surface area contributed by atoms with E-state index < -0.39 is 0 Å². The molecule has 0 aliphatic rings. The molecule has 3 rings (SSSR count). The maximum absolute atomic E-state index is 5.54. The Bertz CT molecular complexity index is 653. The zero-order valence-corrected chi connectivity index (χ0v) is 10.5. The van der Waals surface area contributed by atoms with Crippen LogP contribution in [0, 0.1) is 0 Å². The van der Waals surface area contributed by atoms with Gasteiger partial charge < -0.3 is 10.3 Å². The van der Waals surface area contributed by atoms with Gasteiger partial charge in [0.15, 0.2) is 0 Å². The molecule has 0 aliphatic carbocycles. The Balaban J connectivity index is 1.78. The van der Waals surface area contributed by atoms with Crippen molar-refractivity contribution in [1.29, 1.82) is 0 Å². The molecule has 5 heteroatoms. The molecule has 0 saturated heterocycles. The highest BCUT2D eigenvalue weighted by atomic mass is 15.3. The second kappa shape index (κ2) is 5.07. The molecule has 0 saturated carbocycles. The van der Waals surface area contributed by atoms with Gasteiger partial charge in [-0.3, -0.25) is 0 Å². The van der Waals surface area contributed by atoms with E-state index in [1.54, 1.807) is 6.33 Å². The Kier molecular flexibility index (Phi) is 3.12. The smallest absolute Gasteiger partial charge is 0.0953 e. The van der Waals surface area contributed by atoms with Crippen LogP contribution >= 0.6 is 0 Å². The SMILES string of the molecule is NCc1cn(Cc2ccn(-c3ccccc3)n2)cn1. The van der Waals surface area contributed by atoms with Crippen molar-refractivity contribution < 1.29 is 0 Å². The first kappa shape index (κ1) is 11.7. The van der Waals surface area contributed by atoms with Crippen molar-refractivity contribution in [3.8, 4) is 5.69 Å². The fourth-order valence-electron chi connectivity index (χ4n) is 1.96. The van der Waals surface area contributed by atoms with Crippen molar-refractivity contribution in [2.45, 2.75) is 13.1 Å². The van der Waals surface area contributed by atoms with Crippen molar-refractivity contribution in [1.82, 2.24) is 19.3 Å². The minimum Gasteiger partial charge on any atom is -0.331 e. The van der Waals surface area contributed by atoms with Gasteiger partial charge in [-0.1, -0.05) is 18.2 Å². The first-order valence-corrected chi connectivity index (χ1v) is 6.16. The maximum atomic E-state index is 5.54. The molecule has 96 valence electrons. The van der Waals surface area contributed by atoms with Crippen LogP contribution < -0.4 is 5.73 Å². The van der Waals surface area contributed by atoms with Crippen LogP contribution in [0.4, 0.5) is 0 Å². The van der Waals surface area contributed by atoms with Crippen molar-refractivity contribution >= 4 is 0 Å². The predicted octanol–water partition coefficient (Wildman–Crippen LogP) is 1.58. The summed E-state index contributed by atoms with van der Waals surface area (Å²) < 4.78 is 3.86. The number of rotatable bonds is 4. The lowest BCUT2D eigenvalue weighted by Gasteiger charge is -2.00. The molecule has 2 heterocycles. The molecular weight excluding hydrogens is 238 g/mol. The third-order valence-electron chi connectivity index (χ3n) is 2.91. The summed E-state index contributed by atoms with van der Waals surface area (Å²) >= 11 is 0. The molecule has 0 fully saturated rings. The van der Waals surface area contributed by atoms with Crippen LogP contribution in [0.2, 0.25) is 0 Å². The normalized spacial score (nSPS) is 10.8. The largest absolute Gasteiger partial charge is 0.331 e. The van der Waals surface area contributed by atoms with E-state index in [0.717, 1.165) is 17.1 Å². The molecule has 0 spiro atoms. The van der Waals surface area contributed by atoms with Gasteiger partial charge in [0.05, 0.1) is 29.9 Å². The molecule has 3 aromatic rings. The number of imidazole rings is 1. The summed E-state index contributed by atoms with van der Waals surface area (Å²) in [7, 11) is 0. The van der Waals surface area contributed by atoms with E-state index in [9.17, 15) is 0 Å². The second-order valence-electron chi connectivity index (χ2n) is 4.33. The third kappa shape index (κ3) is 2.56. The fraction of sp³-hybridized carbons (Fsp3) is 0.143. The minimum absolute atomic E-state index is 0.464. The summed E-state index contributed by atoms with van der Waals surface area (Å²) in [5, 5.41) is 4.55. The van der Waals surface area contributed by atoms with Gasteiger partial charge in [-0.25, -0.2) is 9.67 Å². The quantitative estimate of drug-likeness (QED) is 0.767. The lowest BCUT2D eigenvalue weighted by molar-refractivity contribution is 0.744. The molecule has 0 aliphatic heterocycles. The monoisotopic (exact) mass is 253 g/mol. The number of para-hydroxylation sites is 1. The maximum Gasteiger partial charge on any atom is 0.0953 e. The van der Waals surface area contributed by atoms with E-state index in [4.69, 9.17) is 5.73 Å². The van der Waals surface area contributed by atoms with E-state index in [-0.39, 0.29) is 0 Å². The van der Waals surface area contributed by atoms with Crippen LogP contribution in [0.15, 0.2) is 55.1 Å². The first-order valence-electron chi connectivity index (χ1n) is 6.16. The Morgan fingerprint density at radius 1 is 1.05 bits per heavy atom. The standard InChI is InChI=1S/C14H15N5/c15-8-13-10-18(11-16-13)9-12-6-7-19(17-12)14-4-2-1-3-5-14/h1-7,10-11H,8-9,15H2. The van der Waals surface area contributed by atoms with E-state index in [1.165, 1.54) is 0 Å². The molecule has 5 nitrogen and oxygen atoms in total. The van der Waals surface area contributed by atoms with Gasteiger partial charge in [0, 0.05) is 18.9 Å². The van der Waals surface area contributed by atoms with E-state index >= 15 is 0 Å². The van der Waals surface area contributed by atoms with Gasteiger partial charge in [0.1, 0.15) is 0 Å². The minimum atomic E-state index is 0.464.